The molecule has 0 aliphatic heterocycles. The van der Waals surface area contributed by atoms with Crippen LogP contribution in [0.25, 0.3) is 10.8 Å². The van der Waals surface area contributed by atoms with Crippen molar-refractivity contribution < 1.29 is 19.0 Å². The standard InChI is InChI=1S/C23H25NO4/c1-5-28-21-14-17-10-7-6-9-16(17)13-19(21)23(25)24(2)15-18-11-8-12-20(26-3)22(18)27-4/h6-14H,5,15H2,1-4H3. The lowest BCUT2D eigenvalue weighted by Gasteiger charge is -2.21. The number of amides is 1. The molecule has 0 radical (unpaired) electrons. The van der Waals surface area contributed by atoms with Crippen molar-refractivity contribution in [1.29, 1.82) is 0 Å². The summed E-state index contributed by atoms with van der Waals surface area (Å²) in [4.78, 5) is 14.9. The first-order valence-electron chi connectivity index (χ1n) is 9.20. The summed E-state index contributed by atoms with van der Waals surface area (Å²) in [7, 11) is 4.96. The van der Waals surface area contributed by atoms with Crippen LogP contribution in [0.2, 0.25) is 0 Å². The monoisotopic (exact) mass is 379 g/mol. The van der Waals surface area contributed by atoms with E-state index in [9.17, 15) is 4.79 Å². The molecule has 0 saturated carbocycles. The van der Waals surface area contributed by atoms with Crippen LogP contribution in [0.4, 0.5) is 0 Å². The molecule has 0 N–H and O–H groups in total. The van der Waals surface area contributed by atoms with Crippen molar-refractivity contribution in [2.45, 2.75) is 13.5 Å². The summed E-state index contributed by atoms with van der Waals surface area (Å²) in [5, 5.41) is 2.04. The van der Waals surface area contributed by atoms with E-state index in [0.717, 1.165) is 16.3 Å². The zero-order chi connectivity index (χ0) is 20.1. The molecule has 5 heteroatoms. The van der Waals surface area contributed by atoms with Crippen LogP contribution in [0, 0.1) is 0 Å². The number of carbonyl (C=O) groups excluding carboxylic acids is 1. The quantitative estimate of drug-likeness (QED) is 0.605. The van der Waals surface area contributed by atoms with Crippen LogP contribution in [-0.4, -0.2) is 38.7 Å². The lowest BCUT2D eigenvalue weighted by molar-refractivity contribution is 0.0780. The second-order valence-corrected chi connectivity index (χ2v) is 6.44. The van der Waals surface area contributed by atoms with Crippen LogP contribution in [0.1, 0.15) is 22.8 Å². The summed E-state index contributed by atoms with van der Waals surface area (Å²) in [5.74, 6) is 1.75. The minimum Gasteiger partial charge on any atom is -0.493 e. The molecule has 0 bridgehead atoms. The van der Waals surface area contributed by atoms with Crippen molar-refractivity contribution in [2.24, 2.45) is 0 Å². The average Bonchev–Trinajstić information content (AvgIpc) is 2.72. The second-order valence-electron chi connectivity index (χ2n) is 6.44. The van der Waals surface area contributed by atoms with Gasteiger partial charge in [0, 0.05) is 19.2 Å². The second kappa shape index (κ2) is 8.65. The number of benzene rings is 3. The van der Waals surface area contributed by atoms with E-state index in [1.807, 2.05) is 61.5 Å². The molecule has 0 fully saturated rings. The van der Waals surface area contributed by atoms with Crippen molar-refractivity contribution >= 4 is 16.7 Å². The molecule has 3 aromatic rings. The number of methoxy groups -OCH3 is 2. The molecule has 1 amide bonds. The van der Waals surface area contributed by atoms with Gasteiger partial charge in [-0.25, -0.2) is 0 Å². The Kier molecular flexibility index (Phi) is 6.04. The van der Waals surface area contributed by atoms with Gasteiger partial charge in [-0.05, 0) is 35.9 Å². The zero-order valence-electron chi connectivity index (χ0n) is 16.7. The third-order valence-corrected chi connectivity index (χ3v) is 4.62. The number of carbonyl (C=O) groups is 1. The summed E-state index contributed by atoms with van der Waals surface area (Å²) < 4.78 is 16.6. The molecule has 0 unspecified atom stereocenters. The molecule has 3 rings (SSSR count). The molecule has 146 valence electrons. The van der Waals surface area contributed by atoms with Gasteiger partial charge in [0.05, 0.1) is 26.4 Å². The Balaban J connectivity index is 1.94. The lowest BCUT2D eigenvalue weighted by Crippen LogP contribution is -2.27. The highest BCUT2D eigenvalue weighted by atomic mass is 16.5. The summed E-state index contributed by atoms with van der Waals surface area (Å²) in [6.45, 7) is 2.79. The number of ether oxygens (including phenoxy) is 3. The smallest absolute Gasteiger partial charge is 0.257 e. The SMILES string of the molecule is CCOc1cc2ccccc2cc1C(=O)N(C)Cc1cccc(OC)c1OC. The van der Waals surface area contributed by atoms with E-state index in [1.165, 1.54) is 0 Å². The number of rotatable bonds is 7. The highest BCUT2D eigenvalue weighted by Crippen LogP contribution is 2.32. The molecule has 0 atom stereocenters. The summed E-state index contributed by atoms with van der Waals surface area (Å²) in [5.41, 5.74) is 1.42. The van der Waals surface area contributed by atoms with Crippen LogP contribution in [0.15, 0.2) is 54.6 Å². The van der Waals surface area contributed by atoms with Crippen molar-refractivity contribution in [3.63, 3.8) is 0 Å². The predicted octanol–water partition coefficient (Wildman–Crippen LogP) is 4.53. The van der Waals surface area contributed by atoms with Gasteiger partial charge in [0.15, 0.2) is 11.5 Å². The van der Waals surface area contributed by atoms with Crippen LogP contribution >= 0.6 is 0 Å². The van der Waals surface area contributed by atoms with Crippen molar-refractivity contribution in [3.8, 4) is 17.2 Å². The van der Waals surface area contributed by atoms with E-state index < -0.39 is 0 Å². The van der Waals surface area contributed by atoms with E-state index in [0.29, 0.717) is 36.0 Å². The summed E-state index contributed by atoms with van der Waals surface area (Å²) in [6.07, 6.45) is 0. The van der Waals surface area contributed by atoms with Crippen LogP contribution in [0.3, 0.4) is 0 Å². The Labute approximate surface area is 165 Å². The highest BCUT2D eigenvalue weighted by Gasteiger charge is 2.20. The number of hydrogen-bond donors (Lipinski definition) is 0. The van der Waals surface area contributed by atoms with Gasteiger partial charge in [0.1, 0.15) is 5.75 Å². The first-order chi connectivity index (χ1) is 13.6. The molecule has 3 aromatic carbocycles. The summed E-state index contributed by atoms with van der Waals surface area (Å²) in [6, 6.07) is 17.4. The molecular formula is C23H25NO4. The van der Waals surface area contributed by atoms with Gasteiger partial charge >= 0.3 is 0 Å². The average molecular weight is 379 g/mol. The van der Waals surface area contributed by atoms with Gasteiger partial charge in [-0.2, -0.15) is 0 Å². The van der Waals surface area contributed by atoms with Gasteiger partial charge in [-0.3, -0.25) is 4.79 Å². The first kappa shape index (κ1) is 19.5. The van der Waals surface area contributed by atoms with E-state index in [1.54, 1.807) is 26.2 Å². The van der Waals surface area contributed by atoms with Crippen LogP contribution in [0.5, 0.6) is 17.2 Å². The van der Waals surface area contributed by atoms with E-state index >= 15 is 0 Å². The molecule has 28 heavy (non-hydrogen) atoms. The molecule has 0 aliphatic carbocycles. The van der Waals surface area contributed by atoms with Crippen LogP contribution in [-0.2, 0) is 6.54 Å². The third-order valence-electron chi connectivity index (χ3n) is 4.62. The number of fused-ring (bicyclic) bond motifs is 1. The number of hydrogen-bond acceptors (Lipinski definition) is 4. The Morgan fingerprint density at radius 3 is 2.29 bits per heavy atom. The maximum absolute atomic E-state index is 13.2. The van der Waals surface area contributed by atoms with Gasteiger partial charge in [0.2, 0.25) is 0 Å². The lowest BCUT2D eigenvalue weighted by atomic mass is 10.0. The molecule has 0 heterocycles. The fraction of sp³-hybridized carbons (Fsp3) is 0.261. The Morgan fingerprint density at radius 2 is 1.64 bits per heavy atom. The highest BCUT2D eigenvalue weighted by molar-refractivity contribution is 6.01. The van der Waals surface area contributed by atoms with Crippen molar-refractivity contribution in [2.75, 3.05) is 27.9 Å². The first-order valence-corrected chi connectivity index (χ1v) is 9.20. The van der Waals surface area contributed by atoms with Crippen molar-refractivity contribution in [3.05, 3.63) is 65.7 Å². The molecule has 0 aliphatic rings. The van der Waals surface area contributed by atoms with Gasteiger partial charge in [-0.15, -0.1) is 0 Å². The number of nitrogens with zero attached hydrogens (tertiary/aromatic N) is 1. The Hall–Kier alpha value is -3.21. The maximum Gasteiger partial charge on any atom is 0.257 e. The topological polar surface area (TPSA) is 48.0 Å². The molecule has 0 spiro atoms. The van der Waals surface area contributed by atoms with E-state index in [-0.39, 0.29) is 5.91 Å². The van der Waals surface area contributed by atoms with Gasteiger partial charge in [-0.1, -0.05) is 36.4 Å². The summed E-state index contributed by atoms with van der Waals surface area (Å²) >= 11 is 0. The molecule has 5 nitrogen and oxygen atoms in total. The van der Waals surface area contributed by atoms with Crippen molar-refractivity contribution in [1.82, 2.24) is 4.90 Å². The Bertz CT molecular complexity index is 983. The normalized spacial score (nSPS) is 10.6. The van der Waals surface area contributed by atoms with Crippen LogP contribution < -0.4 is 14.2 Å². The maximum atomic E-state index is 13.2. The minimum absolute atomic E-state index is 0.112. The molecule has 0 saturated heterocycles. The predicted molar refractivity (Wildman–Crippen MR) is 110 cm³/mol. The van der Waals surface area contributed by atoms with E-state index in [2.05, 4.69) is 0 Å². The molecule has 0 aromatic heterocycles. The third kappa shape index (κ3) is 3.88. The molecular weight excluding hydrogens is 354 g/mol. The zero-order valence-corrected chi connectivity index (χ0v) is 16.7. The van der Waals surface area contributed by atoms with E-state index in [4.69, 9.17) is 14.2 Å². The fourth-order valence-electron chi connectivity index (χ4n) is 3.27. The van der Waals surface area contributed by atoms with Gasteiger partial charge in [0.25, 0.3) is 5.91 Å². The fourth-order valence-corrected chi connectivity index (χ4v) is 3.27. The number of para-hydroxylation sites is 1. The Morgan fingerprint density at radius 1 is 0.929 bits per heavy atom. The largest absolute Gasteiger partial charge is 0.493 e. The van der Waals surface area contributed by atoms with Gasteiger partial charge < -0.3 is 19.1 Å². The minimum atomic E-state index is -0.112.